The van der Waals surface area contributed by atoms with Crippen molar-refractivity contribution in [1.29, 1.82) is 0 Å². The highest BCUT2D eigenvalue weighted by molar-refractivity contribution is 8.26. The van der Waals surface area contributed by atoms with E-state index in [0.29, 0.717) is 15.8 Å². The molecule has 0 aromatic rings. The first-order valence-electron chi connectivity index (χ1n) is 4.51. The van der Waals surface area contributed by atoms with Crippen LogP contribution in [-0.2, 0) is 4.79 Å². The van der Waals surface area contributed by atoms with Gasteiger partial charge in [0.1, 0.15) is 4.32 Å². The molecule has 1 aliphatic rings. The summed E-state index contributed by atoms with van der Waals surface area (Å²) in [6, 6.07) is 0. The summed E-state index contributed by atoms with van der Waals surface area (Å²) < 4.78 is 0.619. The number of carbonyl (C=O) groups excluding carboxylic acids is 1. The molecule has 1 rings (SSSR count). The third kappa shape index (κ3) is 2.96. The second-order valence-corrected chi connectivity index (χ2v) is 3.90. The zero-order chi connectivity index (χ0) is 11.1. The summed E-state index contributed by atoms with van der Waals surface area (Å²) in [6.45, 7) is 9.90. The van der Waals surface area contributed by atoms with Crippen LogP contribution in [0, 0.1) is 0 Å². The third-order valence-corrected chi connectivity index (χ3v) is 2.94. The molecule has 0 saturated carbocycles. The summed E-state index contributed by atoms with van der Waals surface area (Å²) in [4.78, 5) is 13.7. The number of amides is 1. The quantitative estimate of drug-likeness (QED) is 0.412. The topological polar surface area (TPSA) is 20.3 Å². The fraction of sp³-hybridized carbons (Fsp3) is 0.400. The van der Waals surface area contributed by atoms with E-state index in [2.05, 4.69) is 6.58 Å². The number of hydrogen-bond acceptors (Lipinski definition) is 3. The van der Waals surface area contributed by atoms with Gasteiger partial charge in [0.15, 0.2) is 0 Å². The molecule has 0 aliphatic carbocycles. The molecule has 0 aromatic carbocycles. The van der Waals surface area contributed by atoms with Gasteiger partial charge in [0.2, 0.25) is 0 Å². The summed E-state index contributed by atoms with van der Waals surface area (Å²) in [7, 11) is 0. The molecule has 1 saturated heterocycles. The van der Waals surface area contributed by atoms with E-state index in [0.717, 1.165) is 0 Å². The highest BCUT2D eigenvalue weighted by Gasteiger charge is 2.29. The number of hydrogen-bond donors (Lipinski definition) is 0. The van der Waals surface area contributed by atoms with Crippen LogP contribution in [-0.4, -0.2) is 21.7 Å². The van der Waals surface area contributed by atoms with Gasteiger partial charge in [-0.3, -0.25) is 9.69 Å². The van der Waals surface area contributed by atoms with Gasteiger partial charge in [-0.1, -0.05) is 50.0 Å². The van der Waals surface area contributed by atoms with Crippen molar-refractivity contribution in [3.63, 3.8) is 0 Å². The van der Waals surface area contributed by atoms with E-state index >= 15 is 0 Å². The smallest absolute Gasteiger partial charge is 0.266 e. The molecule has 0 bridgehead atoms. The molecule has 78 valence electrons. The fourth-order valence-electron chi connectivity index (χ4n) is 0.878. The normalized spacial score (nSPS) is 18.2. The SMILES string of the molecule is C=CCN1C(=O)/C(=C/C)SC1=S.CC. The van der Waals surface area contributed by atoms with Crippen LogP contribution < -0.4 is 0 Å². The Hall–Kier alpha value is -0.610. The van der Waals surface area contributed by atoms with E-state index in [-0.39, 0.29) is 5.91 Å². The molecule has 0 atom stereocenters. The first-order chi connectivity index (χ1) is 6.70. The summed E-state index contributed by atoms with van der Waals surface area (Å²) in [5.74, 6) is -0.00704. The largest absolute Gasteiger partial charge is 0.289 e. The lowest BCUT2D eigenvalue weighted by Crippen LogP contribution is -2.27. The Morgan fingerprint density at radius 3 is 2.50 bits per heavy atom. The van der Waals surface area contributed by atoms with E-state index < -0.39 is 0 Å². The van der Waals surface area contributed by atoms with Crippen molar-refractivity contribution in [1.82, 2.24) is 4.90 Å². The van der Waals surface area contributed by atoms with Gasteiger partial charge in [-0.2, -0.15) is 0 Å². The second kappa shape index (κ2) is 6.79. The van der Waals surface area contributed by atoms with Gasteiger partial charge in [0, 0.05) is 6.54 Å². The van der Waals surface area contributed by atoms with Crippen LogP contribution in [0.15, 0.2) is 23.6 Å². The Morgan fingerprint density at radius 1 is 1.57 bits per heavy atom. The Kier molecular flexibility index (Phi) is 6.49. The maximum Gasteiger partial charge on any atom is 0.266 e. The molecule has 1 amide bonds. The lowest BCUT2D eigenvalue weighted by atomic mass is 10.4. The van der Waals surface area contributed by atoms with E-state index in [4.69, 9.17) is 12.2 Å². The van der Waals surface area contributed by atoms with Crippen molar-refractivity contribution in [2.75, 3.05) is 6.54 Å². The van der Waals surface area contributed by atoms with Gasteiger partial charge < -0.3 is 0 Å². The summed E-state index contributed by atoms with van der Waals surface area (Å²) in [6.07, 6.45) is 3.45. The Morgan fingerprint density at radius 2 is 2.14 bits per heavy atom. The van der Waals surface area contributed by atoms with E-state index in [1.165, 1.54) is 11.8 Å². The van der Waals surface area contributed by atoms with Crippen LogP contribution in [0.1, 0.15) is 20.8 Å². The monoisotopic (exact) mass is 229 g/mol. The van der Waals surface area contributed by atoms with Crippen molar-refractivity contribution in [3.05, 3.63) is 23.6 Å². The van der Waals surface area contributed by atoms with E-state index in [1.807, 2.05) is 20.8 Å². The minimum Gasteiger partial charge on any atom is -0.289 e. The number of thiocarbonyl (C=S) groups is 1. The molecule has 1 aliphatic heterocycles. The van der Waals surface area contributed by atoms with Crippen molar-refractivity contribution >= 4 is 34.2 Å². The average Bonchev–Trinajstić information content (AvgIpc) is 2.49. The summed E-state index contributed by atoms with van der Waals surface area (Å²) >= 11 is 6.35. The zero-order valence-corrected chi connectivity index (χ0v) is 10.4. The maximum atomic E-state index is 11.4. The van der Waals surface area contributed by atoms with Crippen molar-refractivity contribution in [3.8, 4) is 0 Å². The maximum absolute atomic E-state index is 11.4. The molecular weight excluding hydrogens is 214 g/mol. The first-order valence-corrected chi connectivity index (χ1v) is 5.74. The highest BCUT2D eigenvalue weighted by atomic mass is 32.2. The van der Waals surface area contributed by atoms with Gasteiger partial charge >= 0.3 is 0 Å². The Balaban J connectivity index is 0.000000791. The van der Waals surface area contributed by atoms with Gasteiger partial charge in [-0.25, -0.2) is 0 Å². The molecule has 0 aromatic heterocycles. The van der Waals surface area contributed by atoms with Crippen LogP contribution in [0.3, 0.4) is 0 Å². The Labute approximate surface area is 95.0 Å². The molecule has 1 heterocycles. The third-order valence-electron chi connectivity index (χ3n) is 1.45. The fourth-order valence-corrected chi connectivity index (χ4v) is 2.08. The van der Waals surface area contributed by atoms with Crippen molar-refractivity contribution in [2.45, 2.75) is 20.8 Å². The molecule has 0 radical (unpaired) electrons. The van der Waals surface area contributed by atoms with Crippen LogP contribution in [0.4, 0.5) is 0 Å². The molecular formula is C10H15NOS2. The Bertz CT molecular complexity index is 271. The highest BCUT2D eigenvalue weighted by Crippen LogP contribution is 2.30. The number of nitrogens with zero attached hydrogens (tertiary/aromatic N) is 1. The number of allylic oxidation sites excluding steroid dienone is 1. The second-order valence-electron chi connectivity index (χ2n) is 2.23. The van der Waals surface area contributed by atoms with E-state index in [9.17, 15) is 4.79 Å². The molecule has 1 fully saturated rings. The predicted octanol–water partition coefficient (Wildman–Crippen LogP) is 2.96. The molecule has 0 unspecified atom stereocenters. The predicted molar refractivity (Wildman–Crippen MR) is 67.2 cm³/mol. The standard InChI is InChI=1S/C8H9NOS2.C2H6/c1-3-5-9-7(10)6(4-2)12-8(9)11;1-2/h3-4H,1,5H2,2H3;1-2H3/b6-4-;. The van der Waals surface area contributed by atoms with Gasteiger partial charge in [-0.15, -0.1) is 6.58 Å². The first kappa shape index (κ1) is 13.4. The summed E-state index contributed by atoms with van der Waals surface area (Å²) in [5, 5.41) is 0. The lowest BCUT2D eigenvalue weighted by molar-refractivity contribution is -0.121. The molecule has 0 N–H and O–H groups in total. The minimum atomic E-state index is -0.00704. The zero-order valence-electron chi connectivity index (χ0n) is 8.74. The van der Waals surface area contributed by atoms with Crippen molar-refractivity contribution < 1.29 is 4.79 Å². The molecule has 0 spiro atoms. The van der Waals surface area contributed by atoms with Gasteiger partial charge in [0.05, 0.1) is 4.91 Å². The number of carbonyl (C=O) groups is 1. The number of thioether (sulfide) groups is 1. The molecule has 14 heavy (non-hydrogen) atoms. The summed E-state index contributed by atoms with van der Waals surface area (Å²) in [5.41, 5.74) is 0. The molecule has 2 nitrogen and oxygen atoms in total. The minimum absolute atomic E-state index is 0.00704. The van der Waals surface area contributed by atoms with Crippen LogP contribution in [0.25, 0.3) is 0 Å². The van der Waals surface area contributed by atoms with Crippen LogP contribution in [0.5, 0.6) is 0 Å². The van der Waals surface area contributed by atoms with Crippen molar-refractivity contribution in [2.24, 2.45) is 0 Å². The average molecular weight is 229 g/mol. The van der Waals surface area contributed by atoms with Crippen LogP contribution in [0.2, 0.25) is 0 Å². The van der Waals surface area contributed by atoms with E-state index in [1.54, 1.807) is 17.1 Å². The number of rotatable bonds is 2. The molecule has 4 heteroatoms. The lowest BCUT2D eigenvalue weighted by Gasteiger charge is -2.10. The van der Waals surface area contributed by atoms with Gasteiger partial charge in [0.25, 0.3) is 5.91 Å². The van der Waals surface area contributed by atoms with Crippen LogP contribution >= 0.6 is 24.0 Å². The van der Waals surface area contributed by atoms with Gasteiger partial charge in [-0.05, 0) is 6.92 Å².